The van der Waals surface area contributed by atoms with E-state index in [-0.39, 0.29) is 5.91 Å². The number of thiophene rings is 1. The maximum atomic E-state index is 12.6. The Labute approximate surface area is 147 Å². The lowest BCUT2D eigenvalue weighted by atomic mass is 10.1. The molecule has 0 bridgehead atoms. The van der Waals surface area contributed by atoms with Gasteiger partial charge in [0, 0.05) is 12.6 Å². The van der Waals surface area contributed by atoms with Gasteiger partial charge in [-0.15, -0.1) is 11.3 Å². The van der Waals surface area contributed by atoms with Gasteiger partial charge in [0.05, 0.1) is 14.0 Å². The molecule has 0 radical (unpaired) electrons. The number of amides is 1. The van der Waals surface area contributed by atoms with Crippen LogP contribution in [0.4, 0.5) is 0 Å². The second-order valence-corrected chi connectivity index (χ2v) is 8.62. The summed E-state index contributed by atoms with van der Waals surface area (Å²) in [5.74, 6) is 0.0414. The van der Waals surface area contributed by atoms with Crippen molar-refractivity contribution in [1.82, 2.24) is 9.88 Å². The number of hydrogen-bond donors (Lipinski definition) is 1. The van der Waals surface area contributed by atoms with Crippen molar-refractivity contribution < 1.29 is 4.79 Å². The summed E-state index contributed by atoms with van der Waals surface area (Å²) in [6, 6.07) is 12.9. The van der Waals surface area contributed by atoms with Crippen LogP contribution in [-0.4, -0.2) is 16.5 Å². The number of benzene rings is 1. The maximum Gasteiger partial charge on any atom is 0.268 e. The van der Waals surface area contributed by atoms with Crippen LogP contribution in [0.25, 0.3) is 10.2 Å². The first-order valence-corrected chi connectivity index (χ1v) is 9.36. The van der Waals surface area contributed by atoms with Crippen LogP contribution in [0.3, 0.4) is 0 Å². The molecule has 0 atom stereocenters. The van der Waals surface area contributed by atoms with E-state index < -0.39 is 0 Å². The van der Waals surface area contributed by atoms with Gasteiger partial charge in [-0.1, -0.05) is 29.8 Å². The lowest BCUT2D eigenvalue weighted by Crippen LogP contribution is -2.27. The third kappa shape index (κ3) is 3.08. The van der Waals surface area contributed by atoms with Gasteiger partial charge < -0.3 is 9.88 Å². The molecule has 1 aliphatic carbocycles. The van der Waals surface area contributed by atoms with Gasteiger partial charge in [0.2, 0.25) is 0 Å². The summed E-state index contributed by atoms with van der Waals surface area (Å²) in [5.41, 5.74) is 4.32. The predicted molar refractivity (Wildman–Crippen MR) is 98.3 cm³/mol. The first-order valence-electron chi connectivity index (χ1n) is 7.75. The zero-order valence-electron chi connectivity index (χ0n) is 12.8. The van der Waals surface area contributed by atoms with Gasteiger partial charge in [-0.25, -0.2) is 0 Å². The summed E-state index contributed by atoms with van der Waals surface area (Å²) >= 11 is 5.22. The Bertz CT molecular complexity index is 892. The van der Waals surface area contributed by atoms with E-state index in [1.807, 2.05) is 6.07 Å². The number of aromatic nitrogens is 1. The van der Waals surface area contributed by atoms with E-state index in [9.17, 15) is 4.79 Å². The van der Waals surface area contributed by atoms with Crippen molar-refractivity contribution in [3.63, 3.8) is 0 Å². The topological polar surface area (TPSA) is 34.0 Å². The lowest BCUT2D eigenvalue weighted by Gasteiger charge is -2.11. The molecule has 1 fully saturated rings. The van der Waals surface area contributed by atoms with Gasteiger partial charge in [0.15, 0.2) is 0 Å². The number of rotatable bonds is 4. The van der Waals surface area contributed by atoms with Crippen molar-refractivity contribution in [3.05, 3.63) is 57.0 Å². The van der Waals surface area contributed by atoms with E-state index in [1.165, 1.54) is 11.1 Å². The highest BCUT2D eigenvalue weighted by molar-refractivity contribution is 9.11. The van der Waals surface area contributed by atoms with Crippen LogP contribution in [0.15, 0.2) is 40.2 Å². The third-order valence-corrected chi connectivity index (χ3v) is 5.70. The SMILES string of the molecule is Cc1cccc(Cn2c(C(=O)NC3CC3)cc3sc(Br)cc32)c1. The Balaban J connectivity index is 1.75. The Hall–Kier alpha value is -1.59. The number of fused-ring (bicyclic) bond motifs is 1. The lowest BCUT2D eigenvalue weighted by molar-refractivity contribution is 0.0942. The van der Waals surface area contributed by atoms with Crippen molar-refractivity contribution in [2.24, 2.45) is 0 Å². The summed E-state index contributed by atoms with van der Waals surface area (Å²) in [4.78, 5) is 12.6. The molecule has 3 aromatic rings. The largest absolute Gasteiger partial charge is 0.348 e. The molecule has 0 saturated heterocycles. The normalized spacial score (nSPS) is 14.3. The van der Waals surface area contributed by atoms with E-state index in [1.54, 1.807) is 11.3 Å². The number of nitrogens with one attached hydrogen (secondary N) is 1. The zero-order chi connectivity index (χ0) is 16.0. The molecular formula is C18H17BrN2OS. The van der Waals surface area contributed by atoms with Gasteiger partial charge in [0.1, 0.15) is 5.69 Å². The molecule has 2 aromatic heterocycles. The van der Waals surface area contributed by atoms with Crippen molar-refractivity contribution in [2.75, 3.05) is 0 Å². The summed E-state index contributed by atoms with van der Waals surface area (Å²) in [7, 11) is 0. The molecule has 0 aliphatic heterocycles. The van der Waals surface area contributed by atoms with Gasteiger partial charge >= 0.3 is 0 Å². The minimum absolute atomic E-state index is 0.0414. The Morgan fingerprint density at radius 2 is 2.17 bits per heavy atom. The number of hydrogen-bond acceptors (Lipinski definition) is 2. The smallest absolute Gasteiger partial charge is 0.268 e. The molecule has 0 unspecified atom stereocenters. The van der Waals surface area contributed by atoms with Gasteiger partial charge in [-0.3, -0.25) is 4.79 Å². The van der Waals surface area contributed by atoms with Gasteiger partial charge in [-0.2, -0.15) is 0 Å². The standard InChI is InChI=1S/C18H17BrN2OS/c1-11-3-2-4-12(7-11)10-21-14-9-17(19)23-16(14)8-15(21)18(22)20-13-5-6-13/h2-4,7-9,13H,5-6,10H2,1H3,(H,20,22). The molecule has 1 aromatic carbocycles. The number of aryl methyl sites for hydroxylation is 1. The quantitative estimate of drug-likeness (QED) is 0.689. The van der Waals surface area contributed by atoms with Crippen LogP contribution < -0.4 is 5.32 Å². The molecule has 1 N–H and O–H groups in total. The average molecular weight is 389 g/mol. The predicted octanol–water partition coefficient (Wildman–Crippen LogP) is 4.71. The summed E-state index contributed by atoms with van der Waals surface area (Å²) in [6.07, 6.45) is 2.20. The molecule has 2 heterocycles. The zero-order valence-corrected chi connectivity index (χ0v) is 15.2. The number of carbonyl (C=O) groups is 1. The van der Waals surface area contributed by atoms with E-state index in [4.69, 9.17) is 0 Å². The minimum Gasteiger partial charge on any atom is -0.348 e. The van der Waals surface area contributed by atoms with Crippen molar-refractivity contribution in [2.45, 2.75) is 32.4 Å². The maximum absolute atomic E-state index is 12.6. The molecule has 1 amide bonds. The van der Waals surface area contributed by atoms with Crippen molar-refractivity contribution in [3.8, 4) is 0 Å². The Morgan fingerprint density at radius 1 is 1.35 bits per heavy atom. The molecule has 4 rings (SSSR count). The second-order valence-electron chi connectivity index (χ2n) is 6.15. The van der Waals surface area contributed by atoms with Crippen LogP contribution in [0.2, 0.25) is 0 Å². The van der Waals surface area contributed by atoms with E-state index in [0.717, 1.165) is 32.5 Å². The van der Waals surface area contributed by atoms with Crippen LogP contribution >= 0.6 is 27.3 Å². The fourth-order valence-corrected chi connectivity index (χ4v) is 4.42. The highest BCUT2D eigenvalue weighted by Crippen LogP contribution is 2.33. The number of nitrogens with zero attached hydrogens (tertiary/aromatic N) is 1. The number of carbonyl (C=O) groups excluding carboxylic acids is 1. The first-order chi connectivity index (χ1) is 11.1. The Morgan fingerprint density at radius 3 is 2.91 bits per heavy atom. The van der Waals surface area contributed by atoms with Crippen molar-refractivity contribution in [1.29, 1.82) is 0 Å². The van der Waals surface area contributed by atoms with Crippen LogP contribution in [0.1, 0.15) is 34.5 Å². The van der Waals surface area contributed by atoms with E-state index in [0.29, 0.717) is 12.6 Å². The molecule has 23 heavy (non-hydrogen) atoms. The summed E-state index contributed by atoms with van der Waals surface area (Å²) in [6.45, 7) is 2.80. The molecular weight excluding hydrogens is 372 g/mol. The first kappa shape index (κ1) is 15.0. The van der Waals surface area contributed by atoms with Crippen LogP contribution in [0.5, 0.6) is 0 Å². The van der Waals surface area contributed by atoms with Gasteiger partial charge in [-0.05, 0) is 53.4 Å². The highest BCUT2D eigenvalue weighted by atomic mass is 79.9. The fraction of sp³-hybridized carbons (Fsp3) is 0.278. The van der Waals surface area contributed by atoms with Crippen LogP contribution in [0, 0.1) is 6.92 Å². The monoisotopic (exact) mass is 388 g/mol. The van der Waals surface area contributed by atoms with Crippen molar-refractivity contribution >= 4 is 43.4 Å². The molecule has 5 heteroatoms. The van der Waals surface area contributed by atoms with E-state index >= 15 is 0 Å². The fourth-order valence-electron chi connectivity index (χ4n) is 2.85. The molecule has 1 aliphatic rings. The summed E-state index contributed by atoms with van der Waals surface area (Å²) in [5, 5.41) is 3.11. The molecule has 1 saturated carbocycles. The van der Waals surface area contributed by atoms with Crippen LogP contribution in [-0.2, 0) is 6.54 Å². The number of halogens is 1. The molecule has 0 spiro atoms. The van der Waals surface area contributed by atoms with Gasteiger partial charge in [0.25, 0.3) is 5.91 Å². The molecule has 3 nitrogen and oxygen atoms in total. The third-order valence-electron chi connectivity index (χ3n) is 4.13. The Kier molecular flexibility index (Phi) is 3.77. The second kappa shape index (κ2) is 5.80. The minimum atomic E-state index is 0.0414. The summed E-state index contributed by atoms with van der Waals surface area (Å²) < 4.78 is 4.36. The molecule has 118 valence electrons. The van der Waals surface area contributed by atoms with E-state index in [2.05, 4.69) is 63.1 Å². The highest BCUT2D eigenvalue weighted by Gasteiger charge is 2.26. The average Bonchev–Trinajstić information content (AvgIpc) is 3.15.